The van der Waals surface area contributed by atoms with Gasteiger partial charge in [0.1, 0.15) is 11.4 Å². The molecule has 1 saturated heterocycles. The summed E-state index contributed by atoms with van der Waals surface area (Å²) in [6, 6.07) is 21.3. The van der Waals surface area contributed by atoms with Gasteiger partial charge in [0.05, 0.1) is 0 Å². The van der Waals surface area contributed by atoms with E-state index in [1.165, 1.54) is 13.8 Å². The highest BCUT2D eigenvalue weighted by Gasteiger charge is 2.61. The van der Waals surface area contributed by atoms with Crippen molar-refractivity contribution in [1.29, 1.82) is 0 Å². The van der Waals surface area contributed by atoms with Crippen LogP contribution in [0, 0.1) is 0 Å². The molecule has 3 aromatic carbocycles. The van der Waals surface area contributed by atoms with E-state index in [-0.39, 0.29) is 17.9 Å². The van der Waals surface area contributed by atoms with E-state index in [1.807, 2.05) is 78.7 Å². The molecule has 1 aliphatic carbocycles. The lowest BCUT2D eigenvalue weighted by atomic mass is 9.55. The van der Waals surface area contributed by atoms with Gasteiger partial charge in [-0.25, -0.2) is 0 Å². The third-order valence-corrected chi connectivity index (χ3v) is 8.91. The summed E-state index contributed by atoms with van der Waals surface area (Å²) in [5.41, 5.74) is 0.202. The molecule has 3 aromatic rings. The summed E-state index contributed by atoms with van der Waals surface area (Å²) in [7, 11) is 1.87. The number of ether oxygens (including phenoxy) is 2. The summed E-state index contributed by atoms with van der Waals surface area (Å²) in [6.45, 7) is 8.79. The van der Waals surface area contributed by atoms with E-state index >= 15 is 0 Å². The van der Waals surface area contributed by atoms with Crippen LogP contribution in [0.1, 0.15) is 55.5 Å². The van der Waals surface area contributed by atoms with Gasteiger partial charge in [-0.1, -0.05) is 48.5 Å². The van der Waals surface area contributed by atoms with Crippen LogP contribution in [0.15, 0.2) is 79.4 Å². The van der Waals surface area contributed by atoms with Crippen LogP contribution in [-0.2, 0) is 19.7 Å². The molecule has 0 spiro atoms. The molecule has 7 nitrogen and oxygen atoms in total. The molecule has 0 radical (unpaired) electrons. The maximum Gasteiger partial charge on any atom is 0.308 e. The van der Waals surface area contributed by atoms with Gasteiger partial charge in [0, 0.05) is 51.0 Å². The number of amides is 1. The smallest absolute Gasteiger partial charge is 0.308 e. The fourth-order valence-electron chi connectivity index (χ4n) is 7.04. The SMILES string of the molecule is C=CCN1CC[C@@]2(c3cccc(OC(C)=O)c3)C[C@@H](N(C)C(=O)c3ccc4ccccc4c3)CC[C@]2(OC(C)=O)C1. The van der Waals surface area contributed by atoms with Crippen LogP contribution in [0.2, 0.25) is 0 Å². The minimum Gasteiger partial charge on any atom is -0.457 e. The van der Waals surface area contributed by atoms with E-state index < -0.39 is 17.0 Å². The highest BCUT2D eigenvalue weighted by molar-refractivity contribution is 5.98. The molecule has 7 heteroatoms. The minimum atomic E-state index is -0.807. The number of carbonyl (C=O) groups excluding carboxylic acids is 3. The van der Waals surface area contributed by atoms with Crippen molar-refractivity contribution in [3.05, 3.63) is 90.5 Å². The molecule has 0 N–H and O–H groups in total. The Bertz CT molecular complexity index is 1480. The third kappa shape index (κ3) is 5.51. The summed E-state index contributed by atoms with van der Waals surface area (Å²) in [4.78, 5) is 42.4. The maximum absolute atomic E-state index is 13.8. The fraction of sp³-hybridized carbons (Fsp3) is 0.382. The molecule has 1 saturated carbocycles. The van der Waals surface area contributed by atoms with Crippen molar-refractivity contribution in [3.8, 4) is 5.75 Å². The quantitative estimate of drug-likeness (QED) is 0.217. The second-order valence-corrected chi connectivity index (χ2v) is 11.4. The molecular weight excluding hydrogens is 516 g/mol. The summed E-state index contributed by atoms with van der Waals surface area (Å²) >= 11 is 0. The van der Waals surface area contributed by atoms with Gasteiger partial charge in [0.2, 0.25) is 0 Å². The standard InChI is InChI=1S/C34H38N2O5/c1-5-18-36-19-17-33(29-11-8-12-31(21-29)40-24(2)37)22-30(15-16-34(33,23-36)41-25(3)38)35(4)32(39)28-14-13-26-9-6-7-10-27(26)20-28/h5-14,20-21,30H,1,15-19,22-23H2,2-4H3/t30-,33-,34-/m0/s1. The molecule has 1 heterocycles. The maximum atomic E-state index is 13.8. The average Bonchev–Trinajstić information content (AvgIpc) is 2.95. The lowest BCUT2D eigenvalue weighted by Crippen LogP contribution is -2.68. The number of carbonyl (C=O) groups is 3. The first-order valence-electron chi connectivity index (χ1n) is 14.2. The first-order valence-corrected chi connectivity index (χ1v) is 14.2. The molecule has 5 rings (SSSR count). The van der Waals surface area contributed by atoms with Crippen LogP contribution in [0.3, 0.4) is 0 Å². The van der Waals surface area contributed by atoms with Crippen molar-refractivity contribution in [3.63, 3.8) is 0 Å². The molecule has 1 aliphatic heterocycles. The largest absolute Gasteiger partial charge is 0.457 e. The van der Waals surface area contributed by atoms with E-state index in [0.717, 1.165) is 22.9 Å². The van der Waals surface area contributed by atoms with Crippen LogP contribution in [0.25, 0.3) is 10.8 Å². The third-order valence-electron chi connectivity index (χ3n) is 8.91. The summed E-state index contributed by atoms with van der Waals surface area (Å²) < 4.78 is 11.8. The Kier molecular flexibility index (Phi) is 8.00. The minimum absolute atomic E-state index is 0.0337. The van der Waals surface area contributed by atoms with E-state index in [0.29, 0.717) is 50.1 Å². The van der Waals surface area contributed by atoms with Gasteiger partial charge in [0.15, 0.2) is 0 Å². The molecule has 2 fully saturated rings. The molecule has 0 bridgehead atoms. The van der Waals surface area contributed by atoms with Crippen LogP contribution in [0.4, 0.5) is 0 Å². The van der Waals surface area contributed by atoms with E-state index in [9.17, 15) is 14.4 Å². The van der Waals surface area contributed by atoms with Crippen molar-refractivity contribution in [2.45, 2.75) is 56.6 Å². The molecule has 0 unspecified atom stereocenters. The Hall–Kier alpha value is -3.97. The van der Waals surface area contributed by atoms with Crippen LogP contribution >= 0.6 is 0 Å². The fourth-order valence-corrected chi connectivity index (χ4v) is 7.04. The van der Waals surface area contributed by atoms with E-state index in [1.54, 1.807) is 6.07 Å². The normalized spacial score (nSPS) is 24.2. The number of likely N-dealkylation sites (tertiary alicyclic amines) is 1. The van der Waals surface area contributed by atoms with Gasteiger partial charge in [-0.05, 0) is 72.8 Å². The Labute approximate surface area is 241 Å². The zero-order chi connectivity index (χ0) is 29.2. The Morgan fingerprint density at radius 1 is 1.00 bits per heavy atom. The zero-order valence-corrected chi connectivity index (χ0v) is 24.1. The van der Waals surface area contributed by atoms with Gasteiger partial charge >= 0.3 is 11.9 Å². The van der Waals surface area contributed by atoms with Crippen molar-refractivity contribution < 1.29 is 23.9 Å². The van der Waals surface area contributed by atoms with Gasteiger partial charge in [-0.3, -0.25) is 19.3 Å². The van der Waals surface area contributed by atoms with E-state index in [4.69, 9.17) is 9.47 Å². The number of nitrogens with zero attached hydrogens (tertiary/aromatic N) is 2. The summed E-state index contributed by atoms with van der Waals surface area (Å²) in [6.07, 6.45) is 4.49. The van der Waals surface area contributed by atoms with Gasteiger partial charge in [-0.2, -0.15) is 0 Å². The van der Waals surface area contributed by atoms with Gasteiger partial charge in [0.25, 0.3) is 5.91 Å². The van der Waals surface area contributed by atoms with Crippen LogP contribution < -0.4 is 4.74 Å². The van der Waals surface area contributed by atoms with Crippen molar-refractivity contribution in [2.24, 2.45) is 0 Å². The van der Waals surface area contributed by atoms with Crippen LogP contribution in [-0.4, -0.2) is 66.0 Å². The number of rotatable bonds is 7. The zero-order valence-electron chi connectivity index (χ0n) is 24.1. The van der Waals surface area contributed by atoms with E-state index in [2.05, 4.69) is 11.5 Å². The number of hydrogen-bond donors (Lipinski definition) is 0. The first kappa shape index (κ1) is 28.6. The number of benzene rings is 3. The number of hydrogen-bond acceptors (Lipinski definition) is 6. The lowest BCUT2D eigenvalue weighted by Gasteiger charge is -2.60. The van der Waals surface area contributed by atoms with Crippen molar-refractivity contribution in [1.82, 2.24) is 9.80 Å². The first-order chi connectivity index (χ1) is 19.7. The summed E-state index contributed by atoms with van der Waals surface area (Å²) in [5, 5.41) is 2.12. The van der Waals surface area contributed by atoms with Crippen molar-refractivity contribution in [2.75, 3.05) is 26.7 Å². The van der Waals surface area contributed by atoms with Crippen LogP contribution in [0.5, 0.6) is 5.75 Å². The van der Waals surface area contributed by atoms with Crippen molar-refractivity contribution >= 4 is 28.6 Å². The number of fused-ring (bicyclic) bond motifs is 2. The monoisotopic (exact) mass is 554 g/mol. The Morgan fingerprint density at radius 2 is 1.78 bits per heavy atom. The Balaban J connectivity index is 1.54. The predicted octanol–water partition coefficient (Wildman–Crippen LogP) is 5.52. The molecule has 1 amide bonds. The topological polar surface area (TPSA) is 76.2 Å². The number of piperidine rings is 1. The molecular formula is C34H38N2O5. The number of esters is 2. The second-order valence-electron chi connectivity index (χ2n) is 11.4. The Morgan fingerprint density at radius 3 is 2.51 bits per heavy atom. The molecule has 0 aromatic heterocycles. The molecule has 2 aliphatic rings. The predicted molar refractivity (Wildman–Crippen MR) is 159 cm³/mol. The average molecular weight is 555 g/mol. The molecule has 214 valence electrons. The van der Waals surface area contributed by atoms with Gasteiger partial charge in [-0.15, -0.1) is 6.58 Å². The second kappa shape index (κ2) is 11.5. The molecule has 41 heavy (non-hydrogen) atoms. The highest BCUT2D eigenvalue weighted by atomic mass is 16.6. The molecule has 3 atom stereocenters. The highest BCUT2D eigenvalue weighted by Crippen LogP contribution is 2.55. The van der Waals surface area contributed by atoms with Gasteiger partial charge < -0.3 is 14.4 Å². The summed E-state index contributed by atoms with van der Waals surface area (Å²) in [5.74, 6) is -0.301. The lowest BCUT2D eigenvalue weighted by molar-refractivity contribution is -0.188.